The van der Waals surface area contributed by atoms with Crippen LogP contribution in [-0.2, 0) is 56.9 Å². The van der Waals surface area contributed by atoms with E-state index in [2.05, 4.69) is 11.9 Å². The highest BCUT2D eigenvalue weighted by molar-refractivity contribution is 5.89. The van der Waals surface area contributed by atoms with Crippen LogP contribution in [0.5, 0.6) is 0 Å². The van der Waals surface area contributed by atoms with Gasteiger partial charge in [-0.05, 0) is 102 Å². The van der Waals surface area contributed by atoms with E-state index in [-0.39, 0.29) is 37.4 Å². The maximum Gasteiger partial charge on any atom is 0.340 e. The highest BCUT2D eigenvalue weighted by Crippen LogP contribution is 2.71. The molecule has 4 aliphatic carbocycles. The number of ether oxygens (including phenoxy) is 11. The molecule has 9 rings (SSSR count). The third-order valence-electron chi connectivity index (χ3n) is 18.8. The largest absolute Gasteiger partial charge is 0.458 e. The predicted octanol–water partition coefficient (Wildman–Crippen LogP) is 4.72. The lowest BCUT2D eigenvalue weighted by molar-refractivity contribution is -0.352. The first-order valence-electron chi connectivity index (χ1n) is 26.9. The van der Waals surface area contributed by atoms with Gasteiger partial charge in [0.1, 0.15) is 59.5 Å². The van der Waals surface area contributed by atoms with E-state index >= 15 is 0 Å². The minimum Gasteiger partial charge on any atom is -0.458 e. The molecule has 19 nitrogen and oxygen atoms in total. The molecule has 420 valence electrons. The number of hydrogen-bond acceptors (Lipinski definition) is 19. The highest BCUT2D eigenvalue weighted by atomic mass is 16.8. The van der Waals surface area contributed by atoms with Gasteiger partial charge >= 0.3 is 11.9 Å². The van der Waals surface area contributed by atoms with Crippen molar-refractivity contribution in [1.82, 2.24) is 4.98 Å². The second kappa shape index (κ2) is 22.4. The second-order valence-corrected chi connectivity index (χ2v) is 22.7. The van der Waals surface area contributed by atoms with Gasteiger partial charge in [-0.15, -0.1) is 0 Å². The van der Waals surface area contributed by atoms with E-state index in [1.54, 1.807) is 53.2 Å². The van der Waals surface area contributed by atoms with Crippen molar-refractivity contribution >= 4 is 18.0 Å². The van der Waals surface area contributed by atoms with Gasteiger partial charge < -0.3 is 77.6 Å². The molecule has 7 aliphatic rings. The fraction of sp³-hybridized carbons (Fsp3) is 0.702. The summed E-state index contributed by atoms with van der Waals surface area (Å²) < 4.78 is 68.0. The zero-order chi connectivity index (χ0) is 54.5. The number of aliphatic hydroxyl groups excluding tert-OH is 2. The van der Waals surface area contributed by atoms with Gasteiger partial charge in [0, 0.05) is 58.6 Å². The standard InChI is InChI=1S/C57H79NO18/c1-31-46(60)50(68-9)47(61)52(71-31)76-49-33(3)70-45(28-40(49)67-8)75-48-32(2)69-44(27-39(48)66-7)73-38-20-21-53(5)37(26-38)19-22-56(64)41(53)29-42(74-43(59)18-17-35-14-11-10-12-15-35)54(6)55(63,23-24-57(54,56)65)34(4)72-51(62)36-16-13-25-58-30-36/h10-19,25,30-34,38-42,44-50,52,60-61,63-65H,20-24,26-29H2,1-9H3/b18-17+/t31-,32-,33-,34+,38+,39+,40+,41-,42-,44+,45+,46-,47-,48-,49-,50+,52+,53+,54-,55-,56+,57-/m1/s1. The van der Waals surface area contributed by atoms with Gasteiger partial charge in [-0.25, -0.2) is 9.59 Å². The molecule has 0 unspecified atom stereocenters. The Labute approximate surface area is 445 Å². The van der Waals surface area contributed by atoms with Crippen molar-refractivity contribution in [3.8, 4) is 0 Å². The summed E-state index contributed by atoms with van der Waals surface area (Å²) >= 11 is 0. The molecule has 6 fully saturated rings. The number of nitrogens with zero attached hydrogens (tertiary/aromatic N) is 1. The molecule has 3 saturated heterocycles. The van der Waals surface area contributed by atoms with E-state index in [1.165, 1.54) is 25.6 Å². The molecule has 1 aromatic carbocycles. The number of methoxy groups -OCH3 is 3. The average Bonchev–Trinajstić information content (AvgIpc) is 3.36. The summed E-state index contributed by atoms with van der Waals surface area (Å²) in [7, 11) is 4.60. The summed E-state index contributed by atoms with van der Waals surface area (Å²) in [5, 5.41) is 61.0. The van der Waals surface area contributed by atoms with E-state index in [9.17, 15) is 35.1 Å². The third kappa shape index (κ3) is 10.0. The molecule has 1 aromatic heterocycles. The number of hydrogen-bond donors (Lipinski definition) is 5. The number of fused-ring (bicyclic) bond motifs is 5. The van der Waals surface area contributed by atoms with Crippen LogP contribution < -0.4 is 0 Å². The van der Waals surface area contributed by atoms with Gasteiger partial charge in [0.2, 0.25) is 0 Å². The van der Waals surface area contributed by atoms with E-state index in [1.807, 2.05) is 50.3 Å². The Balaban J connectivity index is 0.881. The summed E-state index contributed by atoms with van der Waals surface area (Å²) in [5.41, 5.74) is -6.13. The number of pyridine rings is 1. The first-order chi connectivity index (χ1) is 36.1. The second-order valence-electron chi connectivity index (χ2n) is 22.7. The number of carbonyl (C=O) groups excluding carboxylic acids is 2. The van der Waals surface area contributed by atoms with Gasteiger partial charge in [-0.1, -0.05) is 55.8 Å². The lowest BCUT2D eigenvalue weighted by Crippen LogP contribution is -2.78. The summed E-state index contributed by atoms with van der Waals surface area (Å²) in [6, 6.07) is 12.5. The van der Waals surface area contributed by atoms with Crippen LogP contribution in [0.15, 0.2) is 72.6 Å². The Bertz CT molecular complexity index is 2400. The minimum atomic E-state index is -2.01. The zero-order valence-corrected chi connectivity index (χ0v) is 45.1. The molecule has 3 saturated carbocycles. The molecule has 2 aromatic rings. The van der Waals surface area contributed by atoms with E-state index in [4.69, 9.17) is 52.1 Å². The molecule has 4 heterocycles. The molecule has 19 heteroatoms. The average molecular weight is 1070 g/mol. The van der Waals surface area contributed by atoms with Crippen molar-refractivity contribution in [3.63, 3.8) is 0 Å². The van der Waals surface area contributed by atoms with Crippen molar-refractivity contribution in [2.24, 2.45) is 16.7 Å². The number of esters is 2. The number of rotatable bonds is 15. The van der Waals surface area contributed by atoms with E-state index in [0.29, 0.717) is 32.1 Å². The number of aliphatic hydroxyl groups is 5. The first kappa shape index (κ1) is 56.9. The molecule has 0 bridgehead atoms. The van der Waals surface area contributed by atoms with Crippen molar-refractivity contribution in [1.29, 1.82) is 0 Å². The fourth-order valence-electron chi connectivity index (χ4n) is 14.3. The molecular weight excluding hydrogens is 987 g/mol. The fourth-order valence-corrected chi connectivity index (χ4v) is 14.3. The van der Waals surface area contributed by atoms with E-state index in [0.717, 1.165) is 11.1 Å². The van der Waals surface area contributed by atoms with Gasteiger partial charge in [0.15, 0.2) is 18.9 Å². The predicted molar refractivity (Wildman–Crippen MR) is 271 cm³/mol. The molecule has 0 spiro atoms. The van der Waals surface area contributed by atoms with Crippen LogP contribution in [0.4, 0.5) is 0 Å². The lowest BCUT2D eigenvalue weighted by atomic mass is 9.42. The van der Waals surface area contributed by atoms with Crippen molar-refractivity contribution in [2.45, 2.75) is 214 Å². The van der Waals surface area contributed by atoms with Crippen molar-refractivity contribution < 1.29 is 87.2 Å². The van der Waals surface area contributed by atoms with Crippen LogP contribution >= 0.6 is 0 Å². The summed E-state index contributed by atoms with van der Waals surface area (Å²) in [4.78, 5) is 31.4. The van der Waals surface area contributed by atoms with E-state index < -0.39 is 138 Å². The topological polar surface area (TPSA) is 250 Å². The Morgan fingerprint density at radius 3 is 2.09 bits per heavy atom. The van der Waals surface area contributed by atoms with Gasteiger partial charge in [0.05, 0.1) is 47.6 Å². The van der Waals surface area contributed by atoms with Crippen LogP contribution in [-0.4, -0.2) is 179 Å². The maximum absolute atomic E-state index is 13.9. The number of benzene rings is 1. The third-order valence-corrected chi connectivity index (χ3v) is 18.8. The van der Waals surface area contributed by atoms with Gasteiger partial charge in [-0.2, -0.15) is 0 Å². The molecule has 0 radical (unpaired) electrons. The first-order valence-corrected chi connectivity index (χ1v) is 26.9. The van der Waals surface area contributed by atoms with Crippen molar-refractivity contribution in [3.05, 3.63) is 83.7 Å². The summed E-state index contributed by atoms with van der Waals surface area (Å²) in [6.45, 7) is 10.7. The van der Waals surface area contributed by atoms with Crippen LogP contribution in [0.25, 0.3) is 6.08 Å². The zero-order valence-electron chi connectivity index (χ0n) is 45.1. The molecule has 22 atom stereocenters. The normalized spacial score (nSPS) is 44.7. The quantitative estimate of drug-likeness (QED) is 0.0919. The van der Waals surface area contributed by atoms with Gasteiger partial charge in [-0.3, -0.25) is 4.98 Å². The Morgan fingerprint density at radius 1 is 0.776 bits per heavy atom. The molecule has 0 amide bonds. The monoisotopic (exact) mass is 1070 g/mol. The SMILES string of the molecule is CO[C@@H]1[C@@H](O)[C@H](O[C@H]2[C@@H](OC)C[C@H](O[C@H]3[C@@H](OC)C[C@H](O[C@H]4CC[C@@]5(C)C(=CC[C@]6(O)[C@@H]5C[C@@H](OC(=O)/C=C/c5ccccc5)[C@@]5(C)[C@]6(O)CC[C@@]5(O)[C@H](C)OC(=O)c5cccnc5)C4)O[C@@H]3C)O[C@@H]2C)O[C@H](C)[C@H]1O. The molecule has 5 N–H and O–H groups in total. The number of carbonyl (C=O) groups is 2. The molecule has 3 aliphatic heterocycles. The Kier molecular flexibility index (Phi) is 16.8. The van der Waals surface area contributed by atoms with Crippen LogP contribution in [0.3, 0.4) is 0 Å². The summed E-state index contributed by atoms with van der Waals surface area (Å²) in [6.07, 6.45) is -1.79. The molecule has 76 heavy (non-hydrogen) atoms. The molecular formula is C57H79NO18. The Morgan fingerprint density at radius 2 is 1.45 bits per heavy atom. The summed E-state index contributed by atoms with van der Waals surface area (Å²) in [5.74, 6) is -2.02. The van der Waals surface area contributed by atoms with Crippen LogP contribution in [0.1, 0.15) is 115 Å². The Hall–Kier alpha value is -3.77. The van der Waals surface area contributed by atoms with Gasteiger partial charge in [0.25, 0.3) is 0 Å². The van der Waals surface area contributed by atoms with Crippen LogP contribution in [0, 0.1) is 16.7 Å². The smallest absolute Gasteiger partial charge is 0.340 e. The lowest BCUT2D eigenvalue weighted by Gasteiger charge is -2.67. The van der Waals surface area contributed by atoms with Crippen LogP contribution in [0.2, 0.25) is 0 Å². The minimum absolute atomic E-state index is 0.0534. The van der Waals surface area contributed by atoms with Crippen molar-refractivity contribution in [2.75, 3.05) is 21.3 Å². The number of aromatic nitrogens is 1. The maximum atomic E-state index is 13.9. The highest BCUT2D eigenvalue weighted by Gasteiger charge is 2.81.